The quantitative estimate of drug-likeness (QED) is 0.698. The van der Waals surface area contributed by atoms with Crippen molar-refractivity contribution in [2.45, 2.75) is 83.7 Å². The van der Waals surface area contributed by atoms with Gasteiger partial charge in [-0.1, -0.05) is 20.3 Å². The van der Waals surface area contributed by atoms with Crippen LogP contribution < -0.4 is 0 Å². The second-order valence-corrected chi connectivity index (χ2v) is 10.9. The molecule has 0 radical (unpaired) electrons. The van der Waals surface area contributed by atoms with Gasteiger partial charge in [-0.2, -0.15) is 0 Å². The summed E-state index contributed by atoms with van der Waals surface area (Å²) >= 11 is 0. The van der Waals surface area contributed by atoms with E-state index in [9.17, 15) is 4.79 Å². The van der Waals surface area contributed by atoms with Gasteiger partial charge in [0.25, 0.3) is 0 Å². The molecule has 0 aromatic heterocycles. The molecule has 5 rings (SSSR count). The van der Waals surface area contributed by atoms with Crippen LogP contribution in [-0.2, 0) is 23.7 Å². The van der Waals surface area contributed by atoms with E-state index < -0.39 is 11.6 Å². The molecule has 2 saturated heterocycles. The van der Waals surface area contributed by atoms with E-state index in [4.69, 9.17) is 18.9 Å². The van der Waals surface area contributed by atoms with E-state index in [2.05, 4.69) is 20.8 Å². The lowest BCUT2D eigenvalue weighted by atomic mass is 9.46. The van der Waals surface area contributed by atoms with Crippen molar-refractivity contribution in [3.63, 3.8) is 0 Å². The Kier molecular flexibility index (Phi) is 5.13. The highest BCUT2D eigenvalue weighted by atomic mass is 16.7. The van der Waals surface area contributed by atoms with Crippen LogP contribution in [0, 0.1) is 35.0 Å². The van der Waals surface area contributed by atoms with Gasteiger partial charge in [0, 0.05) is 31.6 Å². The molecule has 3 saturated carbocycles. The van der Waals surface area contributed by atoms with Crippen molar-refractivity contribution in [2.75, 3.05) is 26.4 Å². The SMILES string of the molecule is C[C@@H]1CCC2C(C(=O)CC3CC4(CC[C@@]32C)OCCO4)C1CCC1(C)OCCO1. The molecule has 2 aliphatic heterocycles. The molecule has 4 unspecified atom stereocenters. The second-order valence-electron chi connectivity index (χ2n) is 10.9. The lowest BCUT2D eigenvalue weighted by molar-refractivity contribution is -0.225. The molecule has 1 spiro atoms. The zero-order chi connectivity index (χ0) is 20.3. The van der Waals surface area contributed by atoms with Gasteiger partial charge in [0.05, 0.1) is 26.4 Å². The normalized spacial score (nSPS) is 45.9. The van der Waals surface area contributed by atoms with Gasteiger partial charge in [0.1, 0.15) is 5.78 Å². The third-order valence-electron chi connectivity index (χ3n) is 9.40. The zero-order valence-corrected chi connectivity index (χ0v) is 18.4. The van der Waals surface area contributed by atoms with Crippen LogP contribution in [0.15, 0.2) is 0 Å². The van der Waals surface area contributed by atoms with Gasteiger partial charge in [-0.3, -0.25) is 4.79 Å². The van der Waals surface area contributed by atoms with Gasteiger partial charge in [-0.25, -0.2) is 0 Å². The van der Waals surface area contributed by atoms with E-state index in [1.165, 1.54) is 12.8 Å². The van der Waals surface area contributed by atoms with Crippen LogP contribution in [0.1, 0.15) is 72.1 Å². The monoisotopic (exact) mass is 406 g/mol. The maximum Gasteiger partial charge on any atom is 0.168 e. The molecular formula is C24H38O5. The third-order valence-corrected chi connectivity index (χ3v) is 9.40. The molecule has 0 bridgehead atoms. The van der Waals surface area contributed by atoms with Gasteiger partial charge >= 0.3 is 0 Å². The van der Waals surface area contributed by atoms with Crippen molar-refractivity contribution >= 4 is 5.78 Å². The third kappa shape index (κ3) is 3.40. The molecule has 3 aliphatic carbocycles. The molecule has 5 fully saturated rings. The topological polar surface area (TPSA) is 54.0 Å². The molecule has 0 aromatic carbocycles. The van der Waals surface area contributed by atoms with Crippen LogP contribution in [0.2, 0.25) is 0 Å². The minimum Gasteiger partial charge on any atom is -0.348 e. The van der Waals surface area contributed by atoms with Gasteiger partial charge < -0.3 is 18.9 Å². The summed E-state index contributed by atoms with van der Waals surface area (Å²) in [5.74, 6) is 1.82. The Hall–Kier alpha value is -0.490. The molecule has 0 aromatic rings. The van der Waals surface area contributed by atoms with Crippen molar-refractivity contribution in [3.05, 3.63) is 0 Å². The number of carbonyl (C=O) groups is 1. The number of Topliss-reactive ketones (excluding diaryl/α,β-unsaturated/α-hetero) is 1. The van der Waals surface area contributed by atoms with Gasteiger partial charge in [0.2, 0.25) is 0 Å². The Labute approximate surface area is 175 Å². The van der Waals surface area contributed by atoms with E-state index >= 15 is 0 Å². The van der Waals surface area contributed by atoms with Crippen LogP contribution in [0.4, 0.5) is 0 Å². The van der Waals surface area contributed by atoms with Crippen molar-refractivity contribution in [2.24, 2.45) is 35.0 Å². The van der Waals surface area contributed by atoms with Crippen molar-refractivity contribution < 1.29 is 23.7 Å². The van der Waals surface area contributed by atoms with Crippen LogP contribution >= 0.6 is 0 Å². The number of ketones is 1. The summed E-state index contributed by atoms with van der Waals surface area (Å²) < 4.78 is 23.8. The summed E-state index contributed by atoms with van der Waals surface area (Å²) in [6.45, 7) is 9.67. The highest BCUT2D eigenvalue weighted by Gasteiger charge is 2.60. The number of fused-ring (bicyclic) bond motifs is 3. The molecule has 5 nitrogen and oxygen atoms in total. The maximum absolute atomic E-state index is 13.5. The summed E-state index contributed by atoms with van der Waals surface area (Å²) in [4.78, 5) is 13.5. The molecule has 0 amide bonds. The lowest BCUT2D eigenvalue weighted by Gasteiger charge is -2.59. The molecule has 0 N–H and O–H groups in total. The molecule has 29 heavy (non-hydrogen) atoms. The molecule has 2 heterocycles. The van der Waals surface area contributed by atoms with E-state index in [0.29, 0.717) is 62.3 Å². The molecular weight excluding hydrogens is 368 g/mol. The maximum atomic E-state index is 13.5. The van der Waals surface area contributed by atoms with Crippen LogP contribution in [0.5, 0.6) is 0 Å². The van der Waals surface area contributed by atoms with Gasteiger partial charge in [0.15, 0.2) is 11.6 Å². The Morgan fingerprint density at radius 3 is 2.38 bits per heavy atom. The summed E-state index contributed by atoms with van der Waals surface area (Å²) in [5, 5.41) is 0. The number of ether oxygens (including phenoxy) is 4. The molecule has 5 aliphatic rings. The summed E-state index contributed by atoms with van der Waals surface area (Å²) in [7, 11) is 0. The van der Waals surface area contributed by atoms with E-state index in [1.807, 2.05) is 0 Å². The first kappa shape index (κ1) is 20.4. The first-order valence-electron chi connectivity index (χ1n) is 11.9. The molecule has 164 valence electrons. The highest BCUT2D eigenvalue weighted by molar-refractivity contribution is 5.83. The van der Waals surface area contributed by atoms with Crippen LogP contribution in [-0.4, -0.2) is 43.8 Å². The lowest BCUT2D eigenvalue weighted by Crippen LogP contribution is -2.57. The number of hydrogen-bond donors (Lipinski definition) is 0. The number of carbonyl (C=O) groups excluding carboxylic acids is 1. The fourth-order valence-electron chi connectivity index (χ4n) is 7.59. The van der Waals surface area contributed by atoms with Crippen molar-refractivity contribution in [1.29, 1.82) is 0 Å². The van der Waals surface area contributed by atoms with E-state index in [1.54, 1.807) is 0 Å². The Balaban J connectivity index is 1.35. The predicted octanol–water partition coefficient (Wildman–Crippen LogP) is 4.33. The standard InChI is InChI=1S/C24H38O5/c1-16-4-5-19-21(18(16)6-7-23(3)26-10-11-27-23)20(25)14-17-15-24(28-12-13-29-24)9-8-22(17,19)2/h16-19,21H,4-15H2,1-3H3/t16-,17?,18?,19?,21?,22+/m1/s1. The molecule has 5 heteroatoms. The van der Waals surface area contributed by atoms with E-state index in [-0.39, 0.29) is 11.3 Å². The minimum atomic E-state index is -0.453. The second kappa shape index (κ2) is 7.29. The van der Waals surface area contributed by atoms with E-state index in [0.717, 1.165) is 32.1 Å². The minimum absolute atomic E-state index is 0.212. The van der Waals surface area contributed by atoms with Crippen LogP contribution in [0.25, 0.3) is 0 Å². The van der Waals surface area contributed by atoms with Gasteiger partial charge in [-0.05, 0) is 55.3 Å². The summed E-state index contributed by atoms with van der Waals surface area (Å²) in [6, 6.07) is 0. The smallest absolute Gasteiger partial charge is 0.168 e. The van der Waals surface area contributed by atoms with Crippen LogP contribution in [0.3, 0.4) is 0 Å². The van der Waals surface area contributed by atoms with Gasteiger partial charge in [-0.15, -0.1) is 0 Å². The highest BCUT2D eigenvalue weighted by Crippen LogP contribution is 2.62. The first-order valence-corrected chi connectivity index (χ1v) is 11.9. The average molecular weight is 407 g/mol. The fraction of sp³-hybridized carbons (Fsp3) is 0.958. The Bertz CT molecular complexity index is 635. The van der Waals surface area contributed by atoms with Crippen molar-refractivity contribution in [3.8, 4) is 0 Å². The molecule has 6 atom stereocenters. The number of hydrogen-bond acceptors (Lipinski definition) is 5. The van der Waals surface area contributed by atoms with Crippen molar-refractivity contribution in [1.82, 2.24) is 0 Å². The Morgan fingerprint density at radius 2 is 1.66 bits per heavy atom. The fourth-order valence-corrected chi connectivity index (χ4v) is 7.59. The zero-order valence-electron chi connectivity index (χ0n) is 18.4. The summed E-state index contributed by atoms with van der Waals surface area (Å²) in [6.07, 6.45) is 8.07. The average Bonchev–Trinajstić information content (AvgIpc) is 3.33. The predicted molar refractivity (Wildman–Crippen MR) is 108 cm³/mol. The largest absolute Gasteiger partial charge is 0.348 e. The summed E-state index contributed by atoms with van der Waals surface area (Å²) in [5.41, 5.74) is 0.238. The number of rotatable bonds is 3. The first-order chi connectivity index (χ1) is 13.8. The Morgan fingerprint density at radius 1 is 0.966 bits per heavy atom.